The first-order valence-electron chi connectivity index (χ1n) is 18.5. The van der Waals surface area contributed by atoms with Crippen LogP contribution < -0.4 is 0 Å². The third-order valence-corrected chi connectivity index (χ3v) is 7.53. The second kappa shape index (κ2) is 36.8. The summed E-state index contributed by atoms with van der Waals surface area (Å²) < 4.78 is 10.5. The molecule has 0 aromatic carbocycles. The zero-order valence-corrected chi connectivity index (χ0v) is 29.6. The summed E-state index contributed by atoms with van der Waals surface area (Å²) in [5, 5.41) is 9.52. The van der Waals surface area contributed by atoms with E-state index in [1.54, 1.807) is 0 Å². The highest BCUT2D eigenvalue weighted by atomic mass is 16.6. The van der Waals surface area contributed by atoms with Crippen molar-refractivity contribution in [2.75, 3.05) is 13.2 Å². The fourth-order valence-electron chi connectivity index (χ4n) is 4.75. The molecule has 0 heterocycles. The van der Waals surface area contributed by atoms with E-state index < -0.39 is 12.1 Å². The van der Waals surface area contributed by atoms with E-state index in [-0.39, 0.29) is 25.6 Å². The SMILES string of the molecule is CC/C=C\C/C=C\C/C=C\C/C=C\C/C=C\C/C=C\CCC(=O)OC(CO)COC(=O)CCCCCCCCCCCCCCC. The summed E-state index contributed by atoms with van der Waals surface area (Å²) in [6.07, 6.45) is 48.2. The molecule has 0 aliphatic rings. The van der Waals surface area contributed by atoms with Crippen LogP contribution in [0, 0.1) is 0 Å². The molecule has 0 saturated carbocycles. The van der Waals surface area contributed by atoms with E-state index in [1.165, 1.54) is 64.2 Å². The highest BCUT2D eigenvalue weighted by molar-refractivity contribution is 5.70. The lowest BCUT2D eigenvalue weighted by Gasteiger charge is -2.15. The van der Waals surface area contributed by atoms with E-state index in [4.69, 9.17) is 9.47 Å². The zero-order valence-electron chi connectivity index (χ0n) is 29.6. The van der Waals surface area contributed by atoms with Crippen LogP contribution in [-0.4, -0.2) is 36.4 Å². The molecule has 5 heteroatoms. The quantitative estimate of drug-likeness (QED) is 0.0450. The topological polar surface area (TPSA) is 72.8 Å². The van der Waals surface area contributed by atoms with Gasteiger partial charge in [-0.3, -0.25) is 9.59 Å². The fraction of sp³-hybridized carbons (Fsp3) is 0.659. The summed E-state index contributed by atoms with van der Waals surface area (Å²) in [5.41, 5.74) is 0. The molecule has 0 aliphatic heterocycles. The number of aliphatic hydroxyl groups is 1. The number of rotatable bonds is 32. The van der Waals surface area contributed by atoms with Crippen molar-refractivity contribution < 1.29 is 24.2 Å². The minimum atomic E-state index is -0.812. The highest BCUT2D eigenvalue weighted by Crippen LogP contribution is 2.13. The van der Waals surface area contributed by atoms with E-state index in [9.17, 15) is 14.7 Å². The second-order valence-electron chi connectivity index (χ2n) is 11.9. The van der Waals surface area contributed by atoms with Gasteiger partial charge in [0, 0.05) is 12.8 Å². The second-order valence-corrected chi connectivity index (χ2v) is 11.9. The van der Waals surface area contributed by atoms with Gasteiger partial charge < -0.3 is 14.6 Å². The van der Waals surface area contributed by atoms with Crippen molar-refractivity contribution >= 4 is 11.9 Å². The predicted octanol–water partition coefficient (Wildman–Crippen LogP) is 11.4. The number of carbonyl (C=O) groups is 2. The maximum atomic E-state index is 12.1. The Morgan fingerprint density at radius 1 is 0.522 bits per heavy atom. The number of hydrogen-bond donors (Lipinski definition) is 1. The summed E-state index contributed by atoms with van der Waals surface area (Å²) in [5.74, 6) is -0.693. The number of aliphatic hydroxyl groups excluding tert-OH is 1. The first kappa shape index (κ1) is 43.3. The van der Waals surface area contributed by atoms with E-state index in [1.807, 2.05) is 12.2 Å². The monoisotopic (exact) mass is 641 g/mol. The Labute approximate surface area is 283 Å². The molecule has 262 valence electrons. The van der Waals surface area contributed by atoms with Crippen molar-refractivity contribution in [3.8, 4) is 0 Å². The minimum Gasteiger partial charge on any atom is -0.462 e. The number of esters is 2. The average molecular weight is 641 g/mol. The molecule has 5 nitrogen and oxygen atoms in total. The van der Waals surface area contributed by atoms with E-state index >= 15 is 0 Å². The van der Waals surface area contributed by atoms with Crippen LogP contribution >= 0.6 is 0 Å². The lowest BCUT2D eigenvalue weighted by molar-refractivity contribution is -0.161. The van der Waals surface area contributed by atoms with Crippen LogP contribution in [0.1, 0.15) is 155 Å². The molecule has 0 aromatic rings. The zero-order chi connectivity index (χ0) is 33.6. The summed E-state index contributed by atoms with van der Waals surface area (Å²) in [7, 11) is 0. The van der Waals surface area contributed by atoms with Gasteiger partial charge in [0.15, 0.2) is 6.10 Å². The van der Waals surface area contributed by atoms with Gasteiger partial charge in [-0.1, -0.05) is 164 Å². The average Bonchev–Trinajstić information content (AvgIpc) is 3.06. The van der Waals surface area contributed by atoms with Gasteiger partial charge in [-0.15, -0.1) is 0 Å². The first-order chi connectivity index (χ1) is 22.6. The molecule has 0 saturated heterocycles. The van der Waals surface area contributed by atoms with Gasteiger partial charge in [-0.05, 0) is 51.4 Å². The van der Waals surface area contributed by atoms with E-state index in [0.29, 0.717) is 12.8 Å². The third-order valence-electron chi connectivity index (χ3n) is 7.53. The Morgan fingerprint density at radius 2 is 0.935 bits per heavy atom. The maximum absolute atomic E-state index is 12.1. The van der Waals surface area contributed by atoms with Crippen molar-refractivity contribution in [3.05, 3.63) is 72.9 Å². The minimum absolute atomic E-state index is 0.0978. The molecule has 0 bridgehead atoms. The fourth-order valence-corrected chi connectivity index (χ4v) is 4.75. The molecule has 0 aliphatic carbocycles. The molecule has 1 N–H and O–H groups in total. The van der Waals surface area contributed by atoms with Crippen LogP contribution in [0.4, 0.5) is 0 Å². The van der Waals surface area contributed by atoms with Crippen molar-refractivity contribution in [1.82, 2.24) is 0 Å². The number of unbranched alkanes of at least 4 members (excludes halogenated alkanes) is 12. The predicted molar refractivity (Wildman–Crippen MR) is 196 cm³/mol. The summed E-state index contributed by atoms with van der Waals surface area (Å²) in [6.45, 7) is 3.94. The van der Waals surface area contributed by atoms with Crippen LogP contribution in [-0.2, 0) is 19.1 Å². The standard InChI is InChI=1S/C41H68O5/c1-3-5-7-9-11-13-15-17-18-19-20-21-22-24-26-28-30-32-34-36-41(44)46-39(37-42)38-45-40(43)35-33-31-29-27-25-23-16-14-12-10-8-6-4-2/h5,7,11,13,17-18,20-21,24,26,30,32,39,42H,3-4,6,8-10,12,14-16,19,22-23,25,27-29,31,33-38H2,1-2H3/b7-5-,13-11-,18-17-,21-20-,26-24-,32-30-. The molecule has 1 unspecified atom stereocenters. The molecular weight excluding hydrogens is 572 g/mol. The van der Waals surface area contributed by atoms with Crippen LogP contribution in [0.3, 0.4) is 0 Å². The molecule has 46 heavy (non-hydrogen) atoms. The number of ether oxygens (including phenoxy) is 2. The molecular formula is C41H68O5. The van der Waals surface area contributed by atoms with Gasteiger partial charge in [-0.2, -0.15) is 0 Å². The molecule has 0 spiro atoms. The maximum Gasteiger partial charge on any atom is 0.306 e. The van der Waals surface area contributed by atoms with Crippen LogP contribution in [0.2, 0.25) is 0 Å². The lowest BCUT2D eigenvalue weighted by atomic mass is 10.0. The highest BCUT2D eigenvalue weighted by Gasteiger charge is 2.15. The molecule has 0 radical (unpaired) electrons. The number of allylic oxidation sites excluding steroid dienone is 12. The van der Waals surface area contributed by atoms with Crippen LogP contribution in [0.25, 0.3) is 0 Å². The van der Waals surface area contributed by atoms with Crippen LogP contribution in [0.5, 0.6) is 0 Å². The Kier molecular flexibility index (Phi) is 34.7. The van der Waals surface area contributed by atoms with Crippen LogP contribution in [0.15, 0.2) is 72.9 Å². The molecule has 0 amide bonds. The van der Waals surface area contributed by atoms with Gasteiger partial charge in [-0.25, -0.2) is 0 Å². The largest absolute Gasteiger partial charge is 0.462 e. The smallest absolute Gasteiger partial charge is 0.306 e. The molecule has 1 atom stereocenters. The molecule has 0 fully saturated rings. The number of hydrogen-bond acceptors (Lipinski definition) is 5. The summed E-state index contributed by atoms with van der Waals surface area (Å²) in [6, 6.07) is 0. The first-order valence-corrected chi connectivity index (χ1v) is 18.5. The third kappa shape index (κ3) is 34.2. The Balaban J connectivity index is 3.73. The Hall–Kier alpha value is -2.66. The Bertz CT molecular complexity index is 864. The van der Waals surface area contributed by atoms with E-state index in [0.717, 1.165) is 57.8 Å². The van der Waals surface area contributed by atoms with Gasteiger partial charge in [0.05, 0.1) is 6.61 Å². The molecule has 0 rings (SSSR count). The van der Waals surface area contributed by atoms with Gasteiger partial charge in [0.25, 0.3) is 0 Å². The summed E-state index contributed by atoms with van der Waals surface area (Å²) >= 11 is 0. The van der Waals surface area contributed by atoms with Crippen molar-refractivity contribution in [2.24, 2.45) is 0 Å². The normalized spacial score (nSPS) is 13.0. The van der Waals surface area contributed by atoms with Crippen molar-refractivity contribution in [3.63, 3.8) is 0 Å². The van der Waals surface area contributed by atoms with E-state index in [2.05, 4.69) is 74.6 Å². The lowest BCUT2D eigenvalue weighted by Crippen LogP contribution is -2.28. The summed E-state index contributed by atoms with van der Waals surface area (Å²) in [4.78, 5) is 24.2. The van der Waals surface area contributed by atoms with Crippen molar-refractivity contribution in [2.45, 2.75) is 161 Å². The van der Waals surface area contributed by atoms with Gasteiger partial charge in [0.2, 0.25) is 0 Å². The molecule has 0 aromatic heterocycles. The Morgan fingerprint density at radius 3 is 1.37 bits per heavy atom. The van der Waals surface area contributed by atoms with Gasteiger partial charge >= 0.3 is 11.9 Å². The number of carbonyl (C=O) groups excluding carboxylic acids is 2. The van der Waals surface area contributed by atoms with Gasteiger partial charge in [0.1, 0.15) is 6.61 Å². The van der Waals surface area contributed by atoms with Crippen molar-refractivity contribution in [1.29, 1.82) is 0 Å².